The van der Waals surface area contributed by atoms with Gasteiger partial charge in [-0.05, 0) is 37.1 Å². The second-order valence-corrected chi connectivity index (χ2v) is 9.42. The zero-order chi connectivity index (χ0) is 23.8. The van der Waals surface area contributed by atoms with Crippen LogP contribution in [0.1, 0.15) is 30.0 Å². The molecule has 2 amide bonds. The minimum Gasteiger partial charge on any atom is -0.348 e. The van der Waals surface area contributed by atoms with E-state index in [2.05, 4.69) is 34.3 Å². The molecule has 2 aromatic rings. The SMILES string of the molecule is CN1CCN(CC(NC(=O)C2CCN(C(=O)/C=C/c3ccccc3)CC2)c2ccccc2)CC1. The molecule has 0 aromatic heterocycles. The van der Waals surface area contributed by atoms with Crippen molar-refractivity contribution in [3.05, 3.63) is 77.9 Å². The van der Waals surface area contributed by atoms with Crippen LogP contribution in [0.25, 0.3) is 6.08 Å². The molecule has 0 spiro atoms. The van der Waals surface area contributed by atoms with E-state index in [4.69, 9.17) is 0 Å². The Bertz CT molecular complexity index is 947. The average molecular weight is 461 g/mol. The molecule has 180 valence electrons. The summed E-state index contributed by atoms with van der Waals surface area (Å²) in [4.78, 5) is 32.4. The molecule has 2 saturated heterocycles. The van der Waals surface area contributed by atoms with Gasteiger partial charge in [-0.15, -0.1) is 0 Å². The van der Waals surface area contributed by atoms with Crippen molar-refractivity contribution < 1.29 is 9.59 Å². The number of nitrogens with one attached hydrogen (secondary N) is 1. The molecular weight excluding hydrogens is 424 g/mol. The number of amides is 2. The maximum Gasteiger partial charge on any atom is 0.246 e. The highest BCUT2D eigenvalue weighted by Crippen LogP contribution is 2.21. The lowest BCUT2D eigenvalue weighted by Gasteiger charge is -2.36. The lowest BCUT2D eigenvalue weighted by molar-refractivity contribution is -0.132. The molecule has 0 saturated carbocycles. The molecule has 0 aliphatic carbocycles. The maximum absolute atomic E-state index is 13.2. The number of hydrogen-bond donors (Lipinski definition) is 1. The average Bonchev–Trinajstić information content (AvgIpc) is 2.89. The first-order chi connectivity index (χ1) is 16.6. The second kappa shape index (κ2) is 12.0. The summed E-state index contributed by atoms with van der Waals surface area (Å²) in [5.74, 6) is 0.0655. The van der Waals surface area contributed by atoms with E-state index in [-0.39, 0.29) is 23.8 Å². The highest BCUT2D eigenvalue weighted by Gasteiger charge is 2.29. The molecule has 34 heavy (non-hydrogen) atoms. The van der Waals surface area contributed by atoms with E-state index >= 15 is 0 Å². The molecule has 2 aliphatic rings. The number of likely N-dealkylation sites (N-methyl/N-ethyl adjacent to an activating group) is 1. The van der Waals surface area contributed by atoms with Crippen molar-refractivity contribution in [1.29, 1.82) is 0 Å². The second-order valence-electron chi connectivity index (χ2n) is 9.42. The normalized spacial score (nSPS) is 19.3. The van der Waals surface area contributed by atoms with E-state index in [1.165, 1.54) is 0 Å². The number of likely N-dealkylation sites (tertiary alicyclic amines) is 1. The number of nitrogens with zero attached hydrogens (tertiary/aromatic N) is 3. The third kappa shape index (κ3) is 6.78. The van der Waals surface area contributed by atoms with Crippen molar-refractivity contribution >= 4 is 17.9 Å². The Morgan fingerprint density at radius 3 is 2.18 bits per heavy atom. The van der Waals surface area contributed by atoms with Gasteiger partial charge in [0.1, 0.15) is 0 Å². The van der Waals surface area contributed by atoms with Crippen LogP contribution in [0.4, 0.5) is 0 Å². The first kappa shape index (κ1) is 24.2. The fraction of sp³-hybridized carbons (Fsp3) is 0.429. The monoisotopic (exact) mass is 460 g/mol. The quantitative estimate of drug-likeness (QED) is 0.646. The van der Waals surface area contributed by atoms with Crippen LogP contribution >= 0.6 is 0 Å². The van der Waals surface area contributed by atoms with Crippen molar-refractivity contribution in [3.8, 4) is 0 Å². The minimum absolute atomic E-state index is 0.0138. The summed E-state index contributed by atoms with van der Waals surface area (Å²) in [7, 11) is 2.16. The standard InChI is InChI=1S/C28H36N4O2/c1-30-18-20-31(21-19-30)22-26(24-10-6-3-7-11-24)29-28(34)25-14-16-32(17-15-25)27(33)13-12-23-8-4-2-5-9-23/h2-13,25-26H,14-22H2,1H3,(H,29,34)/b13-12+. The number of rotatable bonds is 7. The summed E-state index contributed by atoms with van der Waals surface area (Å²) in [6.45, 7) is 6.21. The van der Waals surface area contributed by atoms with E-state index in [1.54, 1.807) is 6.08 Å². The number of benzene rings is 2. The Kier molecular flexibility index (Phi) is 8.50. The van der Waals surface area contributed by atoms with Gasteiger partial charge in [-0.2, -0.15) is 0 Å². The summed E-state index contributed by atoms with van der Waals surface area (Å²) in [5.41, 5.74) is 2.16. The van der Waals surface area contributed by atoms with Crippen LogP contribution in [-0.2, 0) is 9.59 Å². The molecular formula is C28H36N4O2. The number of piperidine rings is 1. The van der Waals surface area contributed by atoms with Crippen LogP contribution in [0.2, 0.25) is 0 Å². The minimum atomic E-state index is -0.0548. The first-order valence-electron chi connectivity index (χ1n) is 12.4. The van der Waals surface area contributed by atoms with Gasteiger partial charge in [0.15, 0.2) is 0 Å². The van der Waals surface area contributed by atoms with Crippen molar-refractivity contribution in [1.82, 2.24) is 20.0 Å². The molecule has 6 heteroatoms. The highest BCUT2D eigenvalue weighted by molar-refractivity contribution is 5.92. The van der Waals surface area contributed by atoms with Gasteiger partial charge >= 0.3 is 0 Å². The molecule has 2 fully saturated rings. The van der Waals surface area contributed by atoms with Gasteiger partial charge in [-0.3, -0.25) is 14.5 Å². The largest absolute Gasteiger partial charge is 0.348 e. The lowest BCUT2D eigenvalue weighted by Crippen LogP contribution is -2.49. The van der Waals surface area contributed by atoms with Gasteiger partial charge in [0, 0.05) is 57.8 Å². The van der Waals surface area contributed by atoms with Gasteiger partial charge in [0.25, 0.3) is 0 Å². The van der Waals surface area contributed by atoms with Crippen LogP contribution in [0, 0.1) is 5.92 Å². The van der Waals surface area contributed by atoms with Crippen molar-refractivity contribution in [2.45, 2.75) is 18.9 Å². The molecule has 0 bridgehead atoms. The lowest BCUT2D eigenvalue weighted by atomic mass is 9.94. The number of carbonyl (C=O) groups excluding carboxylic acids is 2. The molecule has 2 heterocycles. The number of piperazine rings is 1. The molecule has 6 nitrogen and oxygen atoms in total. The van der Waals surface area contributed by atoms with Crippen LogP contribution in [0.15, 0.2) is 66.7 Å². The third-order valence-corrected chi connectivity index (χ3v) is 6.95. The smallest absolute Gasteiger partial charge is 0.246 e. The molecule has 1 unspecified atom stereocenters. The predicted octanol–water partition coefficient (Wildman–Crippen LogP) is 3.04. The number of hydrogen-bond acceptors (Lipinski definition) is 4. The summed E-state index contributed by atoms with van der Waals surface area (Å²) >= 11 is 0. The van der Waals surface area contributed by atoms with E-state index < -0.39 is 0 Å². The first-order valence-corrected chi connectivity index (χ1v) is 12.4. The predicted molar refractivity (Wildman–Crippen MR) is 136 cm³/mol. The molecule has 1 atom stereocenters. The van der Waals surface area contributed by atoms with Gasteiger partial charge in [0.2, 0.25) is 11.8 Å². The van der Waals surface area contributed by atoms with Crippen LogP contribution in [0.5, 0.6) is 0 Å². The highest BCUT2D eigenvalue weighted by atomic mass is 16.2. The van der Waals surface area contributed by atoms with Gasteiger partial charge < -0.3 is 15.1 Å². The van der Waals surface area contributed by atoms with Crippen molar-refractivity contribution in [2.24, 2.45) is 5.92 Å². The molecule has 0 radical (unpaired) electrons. The maximum atomic E-state index is 13.2. The molecule has 1 N–H and O–H groups in total. The van der Waals surface area contributed by atoms with Crippen molar-refractivity contribution in [2.75, 3.05) is 52.9 Å². The summed E-state index contributed by atoms with van der Waals surface area (Å²) in [5, 5.41) is 3.34. The van der Waals surface area contributed by atoms with Gasteiger partial charge in [0.05, 0.1) is 6.04 Å². The van der Waals surface area contributed by atoms with E-state index in [9.17, 15) is 9.59 Å². The van der Waals surface area contributed by atoms with Crippen molar-refractivity contribution in [3.63, 3.8) is 0 Å². The van der Waals surface area contributed by atoms with Crippen LogP contribution in [-0.4, -0.2) is 79.4 Å². The van der Waals surface area contributed by atoms with Gasteiger partial charge in [-0.25, -0.2) is 0 Å². The Morgan fingerprint density at radius 1 is 0.912 bits per heavy atom. The Labute approximate surface area is 203 Å². The fourth-order valence-electron chi connectivity index (χ4n) is 4.70. The van der Waals surface area contributed by atoms with E-state index in [1.807, 2.05) is 59.5 Å². The fourth-order valence-corrected chi connectivity index (χ4v) is 4.70. The van der Waals surface area contributed by atoms with Crippen LogP contribution in [0.3, 0.4) is 0 Å². The topological polar surface area (TPSA) is 55.9 Å². The summed E-state index contributed by atoms with van der Waals surface area (Å²) in [6.07, 6.45) is 4.89. The zero-order valence-corrected chi connectivity index (χ0v) is 20.1. The molecule has 2 aromatic carbocycles. The molecule has 2 aliphatic heterocycles. The molecule has 4 rings (SSSR count). The Morgan fingerprint density at radius 2 is 1.53 bits per heavy atom. The van der Waals surface area contributed by atoms with Gasteiger partial charge in [-0.1, -0.05) is 60.7 Å². The van der Waals surface area contributed by atoms with Crippen LogP contribution < -0.4 is 5.32 Å². The third-order valence-electron chi connectivity index (χ3n) is 6.95. The summed E-state index contributed by atoms with van der Waals surface area (Å²) < 4.78 is 0. The number of carbonyl (C=O) groups is 2. The zero-order valence-electron chi connectivity index (χ0n) is 20.1. The van der Waals surface area contributed by atoms with E-state index in [0.29, 0.717) is 25.9 Å². The van der Waals surface area contributed by atoms with E-state index in [0.717, 1.165) is 43.9 Å². The summed E-state index contributed by atoms with van der Waals surface area (Å²) in [6, 6.07) is 20.1. The Balaban J connectivity index is 1.31. The Hall–Kier alpha value is -2.96.